The number of carbonyl (C=O) groups is 3. The predicted molar refractivity (Wildman–Crippen MR) is 90.6 cm³/mol. The van der Waals surface area contributed by atoms with E-state index in [2.05, 4.69) is 6.92 Å². The van der Waals surface area contributed by atoms with Crippen molar-refractivity contribution in [1.29, 1.82) is 0 Å². The summed E-state index contributed by atoms with van der Waals surface area (Å²) in [5.74, 6) is -1.03. The topological polar surface area (TPSA) is 89.9 Å². The summed E-state index contributed by atoms with van der Waals surface area (Å²) in [7, 11) is 0. The standard InChI is InChI=1S/C20H24O6/c1-10-12(6-5-11-9-13(21)25-17(11)23)19(2)7-4-8-20(3)16(19)15(14(10)22)26-18(20)24/h9,13,15-16,21H,4-8H2,1-3H3/t13-,15+,16+,19+,20-/m0/s1. The van der Waals surface area contributed by atoms with Crippen LogP contribution in [-0.4, -0.2) is 35.2 Å². The maximum Gasteiger partial charge on any atom is 0.336 e. The molecule has 2 heterocycles. The molecule has 5 atom stereocenters. The zero-order valence-corrected chi connectivity index (χ0v) is 15.3. The van der Waals surface area contributed by atoms with Crippen molar-refractivity contribution in [1.82, 2.24) is 0 Å². The molecule has 6 heteroatoms. The van der Waals surface area contributed by atoms with Gasteiger partial charge in [-0.2, -0.15) is 0 Å². The van der Waals surface area contributed by atoms with Gasteiger partial charge in [0.25, 0.3) is 0 Å². The van der Waals surface area contributed by atoms with Gasteiger partial charge in [-0.05, 0) is 56.6 Å². The van der Waals surface area contributed by atoms with Crippen LogP contribution in [0.5, 0.6) is 0 Å². The molecule has 6 nitrogen and oxygen atoms in total. The summed E-state index contributed by atoms with van der Waals surface area (Å²) in [4.78, 5) is 37.2. The lowest BCUT2D eigenvalue weighted by Crippen LogP contribution is -2.52. The number of allylic oxidation sites excluding steroid dienone is 1. The Kier molecular flexibility index (Phi) is 3.71. The molecule has 2 aliphatic heterocycles. The Bertz CT molecular complexity index is 777. The van der Waals surface area contributed by atoms with Crippen molar-refractivity contribution in [2.45, 2.75) is 65.3 Å². The number of Topliss-reactive ketones (excluding diaryl/α,β-unsaturated/α-hetero) is 1. The van der Waals surface area contributed by atoms with Gasteiger partial charge in [0.05, 0.1) is 5.41 Å². The molecule has 0 spiro atoms. The largest absolute Gasteiger partial charge is 0.453 e. The predicted octanol–water partition coefficient (Wildman–Crippen LogP) is 2.21. The minimum absolute atomic E-state index is 0.107. The summed E-state index contributed by atoms with van der Waals surface area (Å²) in [6.45, 7) is 5.86. The van der Waals surface area contributed by atoms with Crippen molar-refractivity contribution in [2.24, 2.45) is 16.7 Å². The second-order valence-corrected chi connectivity index (χ2v) is 8.45. The summed E-state index contributed by atoms with van der Waals surface area (Å²) in [6, 6.07) is 0. The number of aliphatic hydroxyl groups is 1. The molecule has 2 fully saturated rings. The summed E-state index contributed by atoms with van der Waals surface area (Å²) >= 11 is 0. The van der Waals surface area contributed by atoms with Crippen LogP contribution in [0.4, 0.5) is 0 Å². The lowest BCUT2D eigenvalue weighted by molar-refractivity contribution is -0.151. The number of esters is 2. The van der Waals surface area contributed by atoms with E-state index in [9.17, 15) is 19.5 Å². The molecule has 0 amide bonds. The summed E-state index contributed by atoms with van der Waals surface area (Å²) in [5.41, 5.74) is 1.18. The molecule has 2 aliphatic carbocycles. The first-order valence-electron chi connectivity index (χ1n) is 9.24. The molecule has 0 aromatic carbocycles. The van der Waals surface area contributed by atoms with Crippen molar-refractivity contribution < 1.29 is 29.0 Å². The van der Waals surface area contributed by atoms with E-state index < -0.39 is 23.8 Å². The fraction of sp³-hybridized carbons (Fsp3) is 0.650. The van der Waals surface area contributed by atoms with Gasteiger partial charge in [-0.15, -0.1) is 0 Å². The first kappa shape index (κ1) is 17.5. The van der Waals surface area contributed by atoms with E-state index in [4.69, 9.17) is 9.47 Å². The van der Waals surface area contributed by atoms with Gasteiger partial charge in [-0.1, -0.05) is 18.9 Å². The van der Waals surface area contributed by atoms with E-state index >= 15 is 0 Å². The van der Waals surface area contributed by atoms with Crippen LogP contribution in [0.15, 0.2) is 22.8 Å². The quantitative estimate of drug-likeness (QED) is 0.776. The van der Waals surface area contributed by atoms with E-state index in [0.717, 1.165) is 24.8 Å². The lowest BCUT2D eigenvalue weighted by Gasteiger charge is -2.51. The number of ether oxygens (including phenoxy) is 2. The zero-order chi connectivity index (χ0) is 18.9. The fourth-order valence-corrected chi connectivity index (χ4v) is 5.76. The summed E-state index contributed by atoms with van der Waals surface area (Å²) < 4.78 is 10.3. The highest BCUT2D eigenvalue weighted by atomic mass is 16.6. The van der Waals surface area contributed by atoms with Gasteiger partial charge in [0.15, 0.2) is 11.9 Å². The fourth-order valence-electron chi connectivity index (χ4n) is 5.76. The van der Waals surface area contributed by atoms with E-state index in [1.165, 1.54) is 6.08 Å². The number of aliphatic hydroxyl groups excluding tert-OH is 1. The third-order valence-electron chi connectivity index (χ3n) is 7.02. The maximum atomic E-state index is 12.9. The highest BCUT2D eigenvalue weighted by Crippen LogP contribution is 2.63. The Labute approximate surface area is 152 Å². The molecule has 0 unspecified atom stereocenters. The Hall–Kier alpha value is -1.95. The zero-order valence-electron chi connectivity index (χ0n) is 15.3. The second-order valence-electron chi connectivity index (χ2n) is 8.45. The Morgan fingerprint density at radius 3 is 2.46 bits per heavy atom. The number of hydrogen-bond acceptors (Lipinski definition) is 6. The molecule has 140 valence electrons. The van der Waals surface area contributed by atoms with E-state index in [1.807, 2.05) is 6.92 Å². The highest BCUT2D eigenvalue weighted by Gasteiger charge is 2.66. The van der Waals surface area contributed by atoms with E-state index in [-0.39, 0.29) is 23.1 Å². The van der Waals surface area contributed by atoms with Crippen LogP contribution in [0.1, 0.15) is 52.9 Å². The van der Waals surface area contributed by atoms with Crippen LogP contribution < -0.4 is 0 Å². The molecule has 26 heavy (non-hydrogen) atoms. The van der Waals surface area contributed by atoms with Crippen molar-refractivity contribution in [3.63, 3.8) is 0 Å². The molecule has 1 saturated carbocycles. The van der Waals surface area contributed by atoms with Crippen LogP contribution in [-0.2, 0) is 23.9 Å². The molecule has 4 aliphatic rings. The molecule has 1 saturated heterocycles. The van der Waals surface area contributed by atoms with Gasteiger partial charge in [0.1, 0.15) is 0 Å². The Morgan fingerprint density at radius 1 is 1.12 bits per heavy atom. The SMILES string of the molecule is CC1=C(CCC2=C[C@@H](O)OC2=O)[C@@]2(C)CCC[C@]3(C)C(=O)O[C@H](C1=O)[C@@H]32. The minimum atomic E-state index is -1.18. The first-order valence-corrected chi connectivity index (χ1v) is 9.24. The minimum Gasteiger partial charge on any atom is -0.453 e. The van der Waals surface area contributed by atoms with Gasteiger partial charge < -0.3 is 14.6 Å². The highest BCUT2D eigenvalue weighted by molar-refractivity contribution is 6.04. The number of cyclic esters (lactones) is 1. The smallest absolute Gasteiger partial charge is 0.336 e. The van der Waals surface area contributed by atoms with Crippen LogP contribution in [0.25, 0.3) is 0 Å². The molecule has 0 radical (unpaired) electrons. The average Bonchev–Trinajstić information content (AvgIpc) is 3.03. The number of carbonyl (C=O) groups excluding carboxylic acids is 3. The number of ketones is 1. The molecule has 0 aromatic rings. The molecule has 1 N–H and O–H groups in total. The van der Waals surface area contributed by atoms with Crippen molar-refractivity contribution in [3.8, 4) is 0 Å². The second kappa shape index (κ2) is 5.52. The van der Waals surface area contributed by atoms with Crippen LogP contribution >= 0.6 is 0 Å². The molecule has 4 rings (SSSR count). The van der Waals surface area contributed by atoms with E-state index in [0.29, 0.717) is 24.0 Å². The molecular weight excluding hydrogens is 336 g/mol. The lowest BCUT2D eigenvalue weighted by atomic mass is 9.49. The van der Waals surface area contributed by atoms with Crippen molar-refractivity contribution in [2.75, 3.05) is 0 Å². The van der Waals surface area contributed by atoms with Gasteiger partial charge in [0.2, 0.25) is 6.29 Å². The monoisotopic (exact) mass is 360 g/mol. The molecular formula is C20H24O6. The summed E-state index contributed by atoms with van der Waals surface area (Å²) in [5, 5.41) is 9.44. The van der Waals surface area contributed by atoms with Crippen LogP contribution in [0, 0.1) is 16.7 Å². The van der Waals surface area contributed by atoms with Crippen LogP contribution in [0.3, 0.4) is 0 Å². The number of rotatable bonds is 3. The molecule has 0 aromatic heterocycles. The van der Waals surface area contributed by atoms with Gasteiger partial charge in [-0.25, -0.2) is 4.79 Å². The first-order chi connectivity index (χ1) is 12.2. The van der Waals surface area contributed by atoms with Gasteiger partial charge >= 0.3 is 11.9 Å². The Morgan fingerprint density at radius 2 is 1.81 bits per heavy atom. The average molecular weight is 360 g/mol. The van der Waals surface area contributed by atoms with Crippen molar-refractivity contribution in [3.05, 3.63) is 22.8 Å². The normalized spacial score (nSPS) is 41.8. The van der Waals surface area contributed by atoms with Crippen molar-refractivity contribution >= 4 is 17.7 Å². The van der Waals surface area contributed by atoms with Gasteiger partial charge in [-0.3, -0.25) is 9.59 Å². The molecule has 0 bridgehead atoms. The van der Waals surface area contributed by atoms with Crippen LogP contribution in [0.2, 0.25) is 0 Å². The number of hydrogen-bond donors (Lipinski definition) is 1. The van der Waals surface area contributed by atoms with E-state index in [1.54, 1.807) is 6.92 Å². The third kappa shape index (κ3) is 2.17. The van der Waals surface area contributed by atoms with Gasteiger partial charge in [0, 0.05) is 11.5 Å². The summed E-state index contributed by atoms with van der Waals surface area (Å²) in [6.07, 6.45) is 3.04. The Balaban J connectivity index is 1.70. The third-order valence-corrected chi connectivity index (χ3v) is 7.02. The maximum absolute atomic E-state index is 12.9.